The quantitative estimate of drug-likeness (QED) is 0.423. The molecule has 0 N–H and O–H groups in total. The number of ether oxygens (including phenoxy) is 1. The van der Waals surface area contributed by atoms with E-state index in [4.69, 9.17) is 34.8 Å². The van der Waals surface area contributed by atoms with Crippen LogP contribution in [0.25, 0.3) is 0 Å². The van der Waals surface area contributed by atoms with Crippen LogP contribution in [-0.2, 0) is 4.74 Å². The third-order valence-electron chi connectivity index (χ3n) is 0.349. The molecule has 0 fully saturated rings. The molecule has 0 aromatic rings. The summed E-state index contributed by atoms with van der Waals surface area (Å²) in [7, 11) is 0. The molecule has 0 aromatic carbocycles. The molecule has 0 aromatic heterocycles. The van der Waals surface area contributed by atoms with Gasteiger partial charge >= 0.3 is 3.98 Å². The van der Waals surface area contributed by atoms with E-state index in [-0.39, 0.29) is 6.61 Å². The lowest BCUT2D eigenvalue weighted by Gasteiger charge is -2.08. The smallest absolute Gasteiger partial charge is 0.367 e. The maximum Gasteiger partial charge on any atom is 0.367 e. The Morgan fingerprint density at radius 3 is 2.11 bits per heavy atom. The van der Waals surface area contributed by atoms with Crippen LogP contribution in [0, 0.1) is 0 Å². The number of alkyl halides is 3. The fourth-order valence-electron chi connectivity index (χ4n) is 0.139. The van der Waals surface area contributed by atoms with Gasteiger partial charge in [-0.15, -0.1) is 0 Å². The molecule has 0 aliphatic heterocycles. The van der Waals surface area contributed by atoms with E-state index in [0.717, 1.165) is 0 Å². The Morgan fingerprint density at radius 2 is 2.00 bits per heavy atom. The topological polar surface area (TPSA) is 26.3 Å². The van der Waals surface area contributed by atoms with Gasteiger partial charge < -0.3 is 4.74 Å². The van der Waals surface area contributed by atoms with Gasteiger partial charge in [-0.3, -0.25) is 0 Å². The molecule has 0 spiro atoms. The molecular weight excluding hydrogens is 301 g/mol. The Morgan fingerprint density at radius 1 is 1.56 bits per heavy atom. The van der Waals surface area contributed by atoms with E-state index in [9.17, 15) is 4.79 Å². The minimum Gasteiger partial charge on any atom is -0.454 e. The van der Waals surface area contributed by atoms with Crippen molar-refractivity contribution in [2.24, 2.45) is 0 Å². The first kappa shape index (κ1) is 10.1. The van der Waals surface area contributed by atoms with Crippen molar-refractivity contribution >= 4 is 61.4 Å². The maximum atomic E-state index is 10.1. The van der Waals surface area contributed by atoms with Gasteiger partial charge in [0.25, 0.3) is 0 Å². The van der Waals surface area contributed by atoms with Gasteiger partial charge in [0.2, 0.25) is 3.79 Å². The van der Waals surface area contributed by atoms with Crippen LogP contribution < -0.4 is 0 Å². The zero-order valence-corrected chi connectivity index (χ0v) is 8.46. The highest BCUT2D eigenvalue weighted by Gasteiger charge is 2.21. The molecule has 0 aliphatic rings. The zero-order chi connectivity index (χ0) is 7.49. The molecule has 0 amide bonds. The van der Waals surface area contributed by atoms with Crippen molar-refractivity contribution in [3.63, 3.8) is 0 Å². The summed E-state index contributed by atoms with van der Waals surface area (Å²) in [5.41, 5.74) is 0. The van der Waals surface area contributed by atoms with Gasteiger partial charge in [-0.05, 0) is 0 Å². The van der Waals surface area contributed by atoms with Gasteiger partial charge in [-0.2, -0.15) is 0 Å². The van der Waals surface area contributed by atoms with Crippen molar-refractivity contribution < 1.29 is 9.53 Å². The SMILES string of the molecule is O=C(I)OCC(Cl)(Cl)Cl. The molecule has 0 aliphatic carbocycles. The lowest BCUT2D eigenvalue weighted by molar-refractivity contribution is 0.181. The summed E-state index contributed by atoms with van der Waals surface area (Å²) >= 11 is 17.1. The largest absolute Gasteiger partial charge is 0.454 e. The van der Waals surface area contributed by atoms with Gasteiger partial charge in [-0.1, -0.05) is 34.8 Å². The van der Waals surface area contributed by atoms with E-state index in [1.807, 2.05) is 0 Å². The maximum absolute atomic E-state index is 10.1. The molecule has 6 heteroatoms. The standard InChI is InChI=1S/C3H2Cl3IO2/c4-3(5,6)1-9-2(7)8/h1H2. The molecule has 0 unspecified atom stereocenters. The van der Waals surface area contributed by atoms with Crippen LogP contribution in [0.5, 0.6) is 0 Å². The van der Waals surface area contributed by atoms with Crippen LogP contribution in [0.1, 0.15) is 0 Å². The van der Waals surface area contributed by atoms with Crippen molar-refractivity contribution in [2.75, 3.05) is 6.61 Å². The molecule has 0 radical (unpaired) electrons. The van der Waals surface area contributed by atoms with Crippen LogP contribution in [0.4, 0.5) is 4.79 Å². The Kier molecular flexibility index (Phi) is 4.54. The van der Waals surface area contributed by atoms with Gasteiger partial charge in [0.1, 0.15) is 6.61 Å². The van der Waals surface area contributed by atoms with Crippen molar-refractivity contribution in [1.82, 2.24) is 0 Å². The summed E-state index contributed by atoms with van der Waals surface area (Å²) in [6, 6.07) is 0. The Bertz CT molecular complexity index is 110. The number of hydrogen-bond acceptors (Lipinski definition) is 2. The molecule has 54 valence electrons. The number of carbonyl (C=O) groups excluding carboxylic acids is 1. The molecule has 0 heterocycles. The lowest BCUT2D eigenvalue weighted by atomic mass is 10.8. The molecule has 0 rings (SSSR count). The van der Waals surface area contributed by atoms with E-state index in [2.05, 4.69) is 4.74 Å². The first-order valence-corrected chi connectivity index (χ1v) is 4.02. The minimum absolute atomic E-state index is 0.209. The fraction of sp³-hybridized carbons (Fsp3) is 0.667. The Hall–Kier alpha value is 1.07. The van der Waals surface area contributed by atoms with E-state index < -0.39 is 7.77 Å². The molecule has 9 heavy (non-hydrogen) atoms. The van der Waals surface area contributed by atoms with Crippen LogP contribution in [0.15, 0.2) is 0 Å². The third-order valence-corrected chi connectivity index (χ3v) is 0.988. The van der Waals surface area contributed by atoms with Gasteiger partial charge in [0.05, 0.1) is 22.6 Å². The monoisotopic (exact) mass is 302 g/mol. The van der Waals surface area contributed by atoms with Crippen molar-refractivity contribution in [3.05, 3.63) is 0 Å². The van der Waals surface area contributed by atoms with Crippen LogP contribution in [0.2, 0.25) is 0 Å². The van der Waals surface area contributed by atoms with E-state index in [0.29, 0.717) is 0 Å². The molecule has 0 atom stereocenters. The highest BCUT2D eigenvalue weighted by atomic mass is 127. The lowest BCUT2D eigenvalue weighted by Crippen LogP contribution is -2.13. The zero-order valence-electron chi connectivity index (χ0n) is 4.04. The Balaban J connectivity index is 3.39. The van der Waals surface area contributed by atoms with Gasteiger partial charge in [0, 0.05) is 0 Å². The van der Waals surface area contributed by atoms with Crippen molar-refractivity contribution in [2.45, 2.75) is 3.79 Å². The van der Waals surface area contributed by atoms with Gasteiger partial charge in [-0.25, -0.2) is 4.79 Å². The van der Waals surface area contributed by atoms with Crippen molar-refractivity contribution in [3.8, 4) is 0 Å². The minimum atomic E-state index is -1.50. The molecule has 0 saturated heterocycles. The Labute approximate surface area is 80.9 Å². The van der Waals surface area contributed by atoms with Crippen LogP contribution in [-0.4, -0.2) is 14.4 Å². The first-order valence-electron chi connectivity index (χ1n) is 1.81. The molecule has 0 bridgehead atoms. The van der Waals surface area contributed by atoms with Gasteiger partial charge in [0.15, 0.2) is 0 Å². The second-order valence-electron chi connectivity index (χ2n) is 1.14. The van der Waals surface area contributed by atoms with E-state index in [1.54, 1.807) is 0 Å². The van der Waals surface area contributed by atoms with Crippen LogP contribution in [0.3, 0.4) is 0 Å². The molecular formula is C3H2Cl3IO2. The highest BCUT2D eigenvalue weighted by molar-refractivity contribution is 14.1. The average molecular weight is 303 g/mol. The summed E-state index contributed by atoms with van der Waals surface area (Å²) < 4.78 is 2.37. The summed E-state index contributed by atoms with van der Waals surface area (Å²) in [5.74, 6) is 0. The number of carbonyl (C=O) groups is 1. The summed E-state index contributed by atoms with van der Waals surface area (Å²) in [5, 5.41) is 0. The predicted molar refractivity (Wildman–Crippen MR) is 45.7 cm³/mol. The summed E-state index contributed by atoms with van der Waals surface area (Å²) in [6.45, 7) is -0.209. The fourth-order valence-corrected chi connectivity index (χ4v) is 0.458. The second kappa shape index (κ2) is 4.05. The third kappa shape index (κ3) is 9.07. The molecule has 0 saturated carbocycles. The number of rotatable bonds is 1. The van der Waals surface area contributed by atoms with Crippen LogP contribution >= 0.6 is 57.4 Å². The van der Waals surface area contributed by atoms with E-state index >= 15 is 0 Å². The first-order chi connectivity index (χ1) is 3.92. The average Bonchev–Trinajstić information content (AvgIpc) is 1.59. The van der Waals surface area contributed by atoms with Crippen molar-refractivity contribution in [1.29, 1.82) is 0 Å². The summed E-state index contributed by atoms with van der Waals surface area (Å²) in [6.07, 6.45) is 0. The number of halogens is 4. The van der Waals surface area contributed by atoms with E-state index in [1.165, 1.54) is 22.6 Å². The molecule has 2 nitrogen and oxygen atoms in total. The number of hydrogen-bond donors (Lipinski definition) is 0. The highest BCUT2D eigenvalue weighted by Crippen LogP contribution is 2.26. The normalized spacial score (nSPS) is 11.1. The summed E-state index contributed by atoms with van der Waals surface area (Å²) in [4.78, 5) is 10.1. The predicted octanol–water partition coefficient (Wildman–Crippen LogP) is 2.93. The second-order valence-corrected chi connectivity index (χ2v) is 4.54.